The van der Waals surface area contributed by atoms with E-state index >= 15 is 0 Å². The number of benzene rings is 1. The molecule has 0 saturated carbocycles. The Labute approximate surface area is 122 Å². The Balaban J connectivity index is 2.18. The zero-order chi connectivity index (χ0) is 15.6. The molecule has 1 aromatic rings. The van der Waals surface area contributed by atoms with Crippen molar-refractivity contribution >= 4 is 17.3 Å². The third-order valence-electron chi connectivity index (χ3n) is 3.76. The van der Waals surface area contributed by atoms with Gasteiger partial charge in [0, 0.05) is 42.6 Å². The highest BCUT2D eigenvalue weighted by atomic mass is 16.6. The molecule has 1 amide bonds. The Morgan fingerprint density at radius 1 is 1.52 bits per heavy atom. The van der Waals surface area contributed by atoms with Crippen molar-refractivity contribution in [2.24, 2.45) is 11.1 Å². The molecule has 2 rings (SSSR count). The molecule has 112 valence electrons. The van der Waals surface area contributed by atoms with Crippen molar-refractivity contribution in [2.45, 2.75) is 20.3 Å². The highest BCUT2D eigenvalue weighted by Gasteiger charge is 2.27. The fourth-order valence-electron chi connectivity index (χ4n) is 2.53. The van der Waals surface area contributed by atoms with Crippen LogP contribution in [0.3, 0.4) is 0 Å². The van der Waals surface area contributed by atoms with Gasteiger partial charge in [-0.05, 0) is 19.1 Å². The normalized spacial score (nSPS) is 20.6. The number of aryl methyl sites for hydroxylation is 1. The molecule has 1 saturated heterocycles. The van der Waals surface area contributed by atoms with Crippen LogP contribution in [0.2, 0.25) is 0 Å². The number of carbonyl (C=O) groups is 1. The first-order valence-electron chi connectivity index (χ1n) is 6.69. The largest absolute Gasteiger partial charge is 0.411 e. The monoisotopic (exact) mass is 291 g/mol. The van der Waals surface area contributed by atoms with E-state index in [0.29, 0.717) is 36.3 Å². The summed E-state index contributed by atoms with van der Waals surface area (Å²) in [7, 11) is 0. The summed E-state index contributed by atoms with van der Waals surface area (Å²) in [5.74, 6) is -0.149. The molecule has 1 aliphatic heterocycles. The van der Waals surface area contributed by atoms with Gasteiger partial charge in [0.15, 0.2) is 0 Å². The summed E-state index contributed by atoms with van der Waals surface area (Å²) in [4.78, 5) is 24.4. The van der Waals surface area contributed by atoms with E-state index in [4.69, 9.17) is 5.21 Å². The average Bonchev–Trinajstić information content (AvgIpc) is 2.45. The molecule has 7 heteroatoms. The van der Waals surface area contributed by atoms with E-state index in [-0.39, 0.29) is 17.5 Å². The summed E-state index contributed by atoms with van der Waals surface area (Å²) in [5, 5.41) is 22.9. The first-order valence-corrected chi connectivity index (χ1v) is 6.69. The molecule has 1 N–H and O–H groups in total. The second-order valence-corrected chi connectivity index (χ2v) is 5.25. The summed E-state index contributed by atoms with van der Waals surface area (Å²) in [6.07, 6.45) is 0.537. The van der Waals surface area contributed by atoms with E-state index in [1.165, 1.54) is 12.1 Å². The van der Waals surface area contributed by atoms with Crippen molar-refractivity contribution in [3.05, 3.63) is 39.4 Å². The summed E-state index contributed by atoms with van der Waals surface area (Å²) < 4.78 is 0. The third kappa shape index (κ3) is 3.01. The fraction of sp³-hybridized carbons (Fsp3) is 0.429. The molecule has 0 bridgehead atoms. The van der Waals surface area contributed by atoms with Crippen LogP contribution in [0.4, 0.5) is 5.69 Å². The lowest BCUT2D eigenvalue weighted by atomic mass is 9.97. The number of nitrogens with zero attached hydrogens (tertiary/aromatic N) is 3. The summed E-state index contributed by atoms with van der Waals surface area (Å²) in [5.41, 5.74) is 1.61. The Morgan fingerprint density at radius 2 is 2.24 bits per heavy atom. The van der Waals surface area contributed by atoms with Crippen LogP contribution in [0.5, 0.6) is 0 Å². The number of nitro benzene ring substituents is 1. The average molecular weight is 291 g/mol. The minimum absolute atomic E-state index is 0.00634. The number of hydrogen-bond acceptors (Lipinski definition) is 5. The van der Waals surface area contributed by atoms with Gasteiger partial charge in [-0.1, -0.05) is 12.1 Å². The summed E-state index contributed by atoms with van der Waals surface area (Å²) in [6, 6.07) is 4.38. The molecule has 0 spiro atoms. The van der Waals surface area contributed by atoms with E-state index in [1.54, 1.807) is 17.9 Å². The maximum absolute atomic E-state index is 12.4. The van der Waals surface area contributed by atoms with Crippen LogP contribution in [0.25, 0.3) is 0 Å². The molecular formula is C14H17N3O4. The van der Waals surface area contributed by atoms with Crippen LogP contribution in [0.15, 0.2) is 23.4 Å². The van der Waals surface area contributed by atoms with E-state index in [2.05, 4.69) is 5.16 Å². The van der Waals surface area contributed by atoms with Crippen LogP contribution in [0, 0.1) is 23.0 Å². The van der Waals surface area contributed by atoms with E-state index < -0.39 is 4.92 Å². The van der Waals surface area contributed by atoms with Crippen molar-refractivity contribution in [1.29, 1.82) is 0 Å². The molecule has 7 nitrogen and oxygen atoms in total. The van der Waals surface area contributed by atoms with Gasteiger partial charge >= 0.3 is 0 Å². The first kappa shape index (κ1) is 15.0. The van der Waals surface area contributed by atoms with Gasteiger partial charge in [-0.15, -0.1) is 0 Å². The van der Waals surface area contributed by atoms with Crippen molar-refractivity contribution in [3.63, 3.8) is 0 Å². The minimum Gasteiger partial charge on any atom is -0.411 e. The van der Waals surface area contributed by atoms with Crippen LogP contribution in [-0.2, 0) is 0 Å². The number of piperidine rings is 1. The molecule has 1 heterocycles. The molecule has 21 heavy (non-hydrogen) atoms. The smallest absolute Gasteiger partial charge is 0.272 e. The molecule has 1 fully saturated rings. The molecule has 0 aromatic heterocycles. The summed E-state index contributed by atoms with van der Waals surface area (Å²) >= 11 is 0. The minimum atomic E-state index is -0.462. The number of rotatable bonds is 2. The number of hydrogen-bond donors (Lipinski definition) is 1. The SMILES string of the molecule is Cc1cc(C(=O)N2CC/C(=N\O)C(C)C2)ccc1[N+](=O)[O-]. The van der Waals surface area contributed by atoms with Crippen molar-refractivity contribution in [3.8, 4) is 0 Å². The quantitative estimate of drug-likeness (QED) is 0.513. The van der Waals surface area contributed by atoms with Gasteiger partial charge in [-0.3, -0.25) is 14.9 Å². The van der Waals surface area contributed by atoms with Gasteiger partial charge < -0.3 is 10.1 Å². The van der Waals surface area contributed by atoms with Crippen LogP contribution in [0.1, 0.15) is 29.3 Å². The van der Waals surface area contributed by atoms with Gasteiger partial charge in [0.05, 0.1) is 10.6 Å². The predicted octanol–water partition coefficient (Wildman–Crippen LogP) is 2.22. The zero-order valence-corrected chi connectivity index (χ0v) is 11.9. The predicted molar refractivity (Wildman–Crippen MR) is 76.7 cm³/mol. The Morgan fingerprint density at radius 3 is 2.76 bits per heavy atom. The van der Waals surface area contributed by atoms with Crippen molar-refractivity contribution in [2.75, 3.05) is 13.1 Å². The lowest BCUT2D eigenvalue weighted by Crippen LogP contribution is -2.43. The van der Waals surface area contributed by atoms with Crippen LogP contribution in [-0.4, -0.2) is 39.7 Å². The lowest BCUT2D eigenvalue weighted by Gasteiger charge is -2.31. The van der Waals surface area contributed by atoms with Gasteiger partial charge in [-0.2, -0.15) is 0 Å². The van der Waals surface area contributed by atoms with Gasteiger partial charge in [-0.25, -0.2) is 0 Å². The Kier molecular flexibility index (Phi) is 4.21. The molecule has 1 aliphatic rings. The summed E-state index contributed by atoms with van der Waals surface area (Å²) in [6.45, 7) is 4.48. The second kappa shape index (κ2) is 5.90. The molecular weight excluding hydrogens is 274 g/mol. The number of amides is 1. The fourth-order valence-corrected chi connectivity index (χ4v) is 2.53. The lowest BCUT2D eigenvalue weighted by molar-refractivity contribution is -0.385. The molecule has 0 aliphatic carbocycles. The zero-order valence-electron chi connectivity index (χ0n) is 11.9. The molecule has 1 unspecified atom stereocenters. The second-order valence-electron chi connectivity index (χ2n) is 5.25. The van der Waals surface area contributed by atoms with E-state index in [1.807, 2.05) is 6.92 Å². The standard InChI is InChI=1S/C14H17N3O4/c1-9-7-11(3-4-13(9)17(20)21)14(18)16-6-5-12(15-19)10(2)8-16/h3-4,7,10,19H,5-6,8H2,1-2H3/b15-12+. The maximum Gasteiger partial charge on any atom is 0.272 e. The van der Waals surface area contributed by atoms with E-state index in [9.17, 15) is 14.9 Å². The van der Waals surface area contributed by atoms with Crippen molar-refractivity contribution in [1.82, 2.24) is 4.90 Å². The molecule has 1 atom stereocenters. The Hall–Kier alpha value is -2.44. The van der Waals surface area contributed by atoms with Crippen LogP contribution >= 0.6 is 0 Å². The number of likely N-dealkylation sites (tertiary alicyclic amines) is 1. The molecule has 1 aromatic carbocycles. The molecule has 0 radical (unpaired) electrons. The number of nitro groups is 1. The van der Waals surface area contributed by atoms with Crippen molar-refractivity contribution < 1.29 is 14.9 Å². The first-order chi connectivity index (χ1) is 9.93. The highest BCUT2D eigenvalue weighted by Crippen LogP contribution is 2.21. The van der Waals surface area contributed by atoms with Gasteiger partial charge in [0.25, 0.3) is 11.6 Å². The van der Waals surface area contributed by atoms with Gasteiger partial charge in [0.2, 0.25) is 0 Å². The third-order valence-corrected chi connectivity index (χ3v) is 3.76. The number of carbonyl (C=O) groups excluding carboxylic acids is 1. The Bertz CT molecular complexity index is 612. The topological polar surface area (TPSA) is 96.0 Å². The highest BCUT2D eigenvalue weighted by molar-refractivity contribution is 5.96. The number of oxime groups is 1. The van der Waals surface area contributed by atoms with Gasteiger partial charge in [0.1, 0.15) is 0 Å². The van der Waals surface area contributed by atoms with Crippen LogP contribution < -0.4 is 0 Å². The van der Waals surface area contributed by atoms with E-state index in [0.717, 1.165) is 0 Å². The maximum atomic E-state index is 12.4.